The van der Waals surface area contributed by atoms with Crippen molar-refractivity contribution in [3.63, 3.8) is 0 Å². The van der Waals surface area contributed by atoms with Crippen molar-refractivity contribution >= 4 is 23.1 Å². The van der Waals surface area contributed by atoms with Crippen molar-refractivity contribution in [3.05, 3.63) is 45.6 Å². The molecule has 0 aliphatic rings. The quantitative estimate of drug-likeness (QED) is 0.476. The van der Waals surface area contributed by atoms with Gasteiger partial charge in [0.1, 0.15) is 11.5 Å². The van der Waals surface area contributed by atoms with E-state index in [2.05, 4.69) is 20.8 Å². The fourth-order valence-electron chi connectivity index (χ4n) is 1.77. The van der Waals surface area contributed by atoms with Gasteiger partial charge in [-0.1, -0.05) is 0 Å². The standard InChI is InChI=1S/C12H14N6O3/c1-14-12(19)7-2-3-10(18(20)21)9(4-7)15-5-8-6-16-17-11(8)13/h2-4,6,15H,5H2,1H3,(H,14,19)(H3,13,16,17). The molecule has 0 bridgehead atoms. The molecule has 0 saturated carbocycles. The number of carbonyl (C=O) groups is 1. The largest absolute Gasteiger partial charge is 0.384 e. The second-order valence-corrected chi connectivity index (χ2v) is 4.23. The summed E-state index contributed by atoms with van der Waals surface area (Å²) in [5.74, 6) is 0.0587. The van der Waals surface area contributed by atoms with Crippen LogP contribution in [0.5, 0.6) is 0 Å². The highest BCUT2D eigenvalue weighted by molar-refractivity contribution is 5.95. The van der Waals surface area contributed by atoms with E-state index >= 15 is 0 Å². The zero-order valence-corrected chi connectivity index (χ0v) is 11.2. The number of nitrogens with zero attached hydrogens (tertiary/aromatic N) is 2. The number of hydrogen-bond donors (Lipinski definition) is 4. The number of nitrogen functional groups attached to an aromatic ring is 1. The molecule has 1 aromatic heterocycles. The maximum Gasteiger partial charge on any atom is 0.292 e. The van der Waals surface area contributed by atoms with Gasteiger partial charge in [0.25, 0.3) is 11.6 Å². The molecule has 2 aromatic rings. The van der Waals surface area contributed by atoms with Crippen LogP contribution in [-0.4, -0.2) is 28.1 Å². The zero-order chi connectivity index (χ0) is 15.4. The molecule has 1 amide bonds. The predicted octanol–water partition coefficient (Wildman–Crippen LogP) is 0.872. The number of H-pyrrole nitrogens is 1. The Balaban J connectivity index is 2.28. The Morgan fingerprint density at radius 2 is 2.29 bits per heavy atom. The van der Waals surface area contributed by atoms with Gasteiger partial charge in [-0.05, 0) is 12.1 Å². The fourth-order valence-corrected chi connectivity index (χ4v) is 1.77. The Kier molecular flexibility index (Phi) is 4.02. The Bertz CT molecular complexity index is 681. The monoisotopic (exact) mass is 290 g/mol. The SMILES string of the molecule is CNC(=O)c1ccc([N+](=O)[O-])c(NCc2cn[nH]c2N)c1. The molecule has 0 aliphatic carbocycles. The van der Waals surface area contributed by atoms with Gasteiger partial charge in [-0.15, -0.1) is 0 Å². The molecule has 110 valence electrons. The van der Waals surface area contributed by atoms with Gasteiger partial charge in [-0.2, -0.15) is 5.10 Å². The van der Waals surface area contributed by atoms with E-state index < -0.39 is 4.92 Å². The first-order valence-electron chi connectivity index (χ1n) is 6.05. The predicted molar refractivity (Wildman–Crippen MR) is 76.8 cm³/mol. The van der Waals surface area contributed by atoms with E-state index in [1.54, 1.807) is 0 Å². The van der Waals surface area contributed by atoms with Crippen LogP contribution < -0.4 is 16.4 Å². The van der Waals surface area contributed by atoms with Gasteiger partial charge >= 0.3 is 0 Å². The third kappa shape index (κ3) is 3.08. The number of benzene rings is 1. The van der Waals surface area contributed by atoms with E-state index in [0.717, 1.165) is 0 Å². The summed E-state index contributed by atoms with van der Waals surface area (Å²) in [4.78, 5) is 22.1. The van der Waals surface area contributed by atoms with E-state index in [9.17, 15) is 14.9 Å². The van der Waals surface area contributed by atoms with Crippen LogP contribution in [0.25, 0.3) is 0 Å². The van der Waals surface area contributed by atoms with Crippen LogP contribution in [0.15, 0.2) is 24.4 Å². The summed E-state index contributed by atoms with van der Waals surface area (Å²) in [6.07, 6.45) is 1.52. The third-order valence-electron chi connectivity index (χ3n) is 2.90. The van der Waals surface area contributed by atoms with Gasteiger partial charge in [0.05, 0.1) is 11.1 Å². The molecular weight excluding hydrogens is 276 g/mol. The van der Waals surface area contributed by atoms with E-state index in [-0.39, 0.29) is 23.8 Å². The number of nitro benzene ring substituents is 1. The molecule has 0 radical (unpaired) electrons. The van der Waals surface area contributed by atoms with Crippen LogP contribution in [0, 0.1) is 10.1 Å². The number of nitrogens with two attached hydrogens (primary N) is 1. The highest BCUT2D eigenvalue weighted by Gasteiger charge is 2.16. The normalized spacial score (nSPS) is 10.1. The Labute approximate surface area is 119 Å². The maximum atomic E-state index is 11.6. The third-order valence-corrected chi connectivity index (χ3v) is 2.90. The van der Waals surface area contributed by atoms with Crippen molar-refractivity contribution in [1.82, 2.24) is 15.5 Å². The lowest BCUT2D eigenvalue weighted by Gasteiger charge is -2.08. The van der Waals surface area contributed by atoms with Gasteiger partial charge in [0, 0.05) is 30.8 Å². The van der Waals surface area contributed by atoms with Crippen molar-refractivity contribution in [2.75, 3.05) is 18.1 Å². The minimum absolute atomic E-state index is 0.121. The Morgan fingerprint density at radius 1 is 1.52 bits per heavy atom. The second-order valence-electron chi connectivity index (χ2n) is 4.23. The lowest BCUT2D eigenvalue weighted by molar-refractivity contribution is -0.384. The van der Waals surface area contributed by atoms with Crippen molar-refractivity contribution in [3.8, 4) is 0 Å². The first kappa shape index (κ1) is 14.3. The van der Waals surface area contributed by atoms with E-state index in [1.807, 2.05) is 0 Å². The molecule has 9 nitrogen and oxygen atoms in total. The molecule has 5 N–H and O–H groups in total. The van der Waals surface area contributed by atoms with Crippen molar-refractivity contribution in [2.24, 2.45) is 0 Å². The average Bonchev–Trinajstić information content (AvgIpc) is 2.89. The lowest BCUT2D eigenvalue weighted by atomic mass is 10.1. The molecule has 21 heavy (non-hydrogen) atoms. The summed E-state index contributed by atoms with van der Waals surface area (Å²) < 4.78 is 0. The number of aromatic amines is 1. The smallest absolute Gasteiger partial charge is 0.292 e. The maximum absolute atomic E-state index is 11.6. The Hall–Kier alpha value is -3.10. The topological polar surface area (TPSA) is 139 Å². The van der Waals surface area contributed by atoms with Gasteiger partial charge < -0.3 is 16.4 Å². The van der Waals surface area contributed by atoms with Gasteiger partial charge in [-0.25, -0.2) is 0 Å². The number of anilines is 2. The molecule has 0 fully saturated rings. The van der Waals surface area contributed by atoms with Crippen LogP contribution in [0.4, 0.5) is 17.2 Å². The number of hydrogen-bond acceptors (Lipinski definition) is 6. The summed E-state index contributed by atoms with van der Waals surface area (Å²) in [5.41, 5.74) is 6.76. The lowest BCUT2D eigenvalue weighted by Crippen LogP contribution is -2.18. The summed E-state index contributed by atoms with van der Waals surface area (Å²) >= 11 is 0. The minimum atomic E-state index is -0.519. The molecule has 0 atom stereocenters. The van der Waals surface area contributed by atoms with Crippen LogP contribution in [0.2, 0.25) is 0 Å². The van der Waals surface area contributed by atoms with Crippen LogP contribution >= 0.6 is 0 Å². The van der Waals surface area contributed by atoms with Gasteiger partial charge in [-0.3, -0.25) is 20.0 Å². The highest BCUT2D eigenvalue weighted by atomic mass is 16.6. The molecule has 0 saturated heterocycles. The van der Waals surface area contributed by atoms with Crippen molar-refractivity contribution in [2.45, 2.75) is 6.54 Å². The van der Waals surface area contributed by atoms with E-state index in [0.29, 0.717) is 16.9 Å². The number of amides is 1. The van der Waals surface area contributed by atoms with E-state index in [4.69, 9.17) is 5.73 Å². The zero-order valence-electron chi connectivity index (χ0n) is 11.2. The van der Waals surface area contributed by atoms with E-state index in [1.165, 1.54) is 31.4 Å². The van der Waals surface area contributed by atoms with Crippen LogP contribution in [-0.2, 0) is 6.54 Å². The fraction of sp³-hybridized carbons (Fsp3) is 0.167. The molecule has 0 unspecified atom stereocenters. The molecule has 1 aromatic carbocycles. The summed E-state index contributed by atoms with van der Waals surface area (Å²) in [5, 5.41) is 22.7. The van der Waals surface area contributed by atoms with Gasteiger partial charge in [0.15, 0.2) is 0 Å². The van der Waals surface area contributed by atoms with Crippen molar-refractivity contribution in [1.29, 1.82) is 0 Å². The van der Waals surface area contributed by atoms with Crippen LogP contribution in [0.1, 0.15) is 15.9 Å². The second kappa shape index (κ2) is 5.90. The summed E-state index contributed by atoms with van der Waals surface area (Å²) in [7, 11) is 1.49. The number of aromatic nitrogens is 2. The molecular formula is C12H14N6O3. The summed E-state index contributed by atoms with van der Waals surface area (Å²) in [6, 6.07) is 4.10. The molecule has 9 heteroatoms. The summed E-state index contributed by atoms with van der Waals surface area (Å²) in [6.45, 7) is 0.250. The van der Waals surface area contributed by atoms with Crippen LogP contribution in [0.3, 0.4) is 0 Å². The molecule has 0 aliphatic heterocycles. The first-order chi connectivity index (χ1) is 10.0. The average molecular weight is 290 g/mol. The molecule has 2 rings (SSSR count). The number of nitrogens with one attached hydrogen (secondary N) is 3. The molecule has 0 spiro atoms. The first-order valence-corrected chi connectivity index (χ1v) is 6.05. The minimum Gasteiger partial charge on any atom is -0.384 e. The van der Waals surface area contributed by atoms with Crippen molar-refractivity contribution < 1.29 is 9.72 Å². The van der Waals surface area contributed by atoms with Gasteiger partial charge in [0.2, 0.25) is 0 Å². The Morgan fingerprint density at radius 3 is 2.86 bits per heavy atom. The number of carbonyl (C=O) groups excluding carboxylic acids is 1. The highest BCUT2D eigenvalue weighted by Crippen LogP contribution is 2.26. The number of rotatable bonds is 5. The molecule has 1 heterocycles. The number of nitro groups is 1.